The third-order valence-electron chi connectivity index (χ3n) is 5.05. The van der Waals surface area contributed by atoms with E-state index in [9.17, 15) is 4.79 Å². The predicted molar refractivity (Wildman–Crippen MR) is 114 cm³/mol. The Balaban J connectivity index is 1.97. The summed E-state index contributed by atoms with van der Waals surface area (Å²) in [7, 11) is 3.66. The molecule has 2 heterocycles. The van der Waals surface area contributed by atoms with E-state index in [1.54, 1.807) is 7.11 Å². The summed E-state index contributed by atoms with van der Waals surface area (Å²) >= 11 is 1.47. The highest BCUT2D eigenvalue weighted by atomic mass is 32.1. The van der Waals surface area contributed by atoms with E-state index in [0.29, 0.717) is 5.92 Å². The molecule has 27 heavy (non-hydrogen) atoms. The summed E-state index contributed by atoms with van der Waals surface area (Å²) in [5, 5.41) is 7.19. The number of aromatic amines is 1. The summed E-state index contributed by atoms with van der Waals surface area (Å²) in [4.78, 5) is 15.4. The Kier molecular flexibility index (Phi) is 4.72. The number of aromatic nitrogens is 1. The van der Waals surface area contributed by atoms with Gasteiger partial charge >= 0.3 is 0 Å². The van der Waals surface area contributed by atoms with Crippen LogP contribution in [0, 0.1) is 0 Å². The first kappa shape index (κ1) is 17.8. The van der Waals surface area contributed by atoms with Crippen molar-refractivity contribution in [2.75, 3.05) is 20.7 Å². The molecule has 5 heteroatoms. The number of benzene rings is 2. The molecule has 0 aliphatic heterocycles. The lowest BCUT2D eigenvalue weighted by Crippen LogP contribution is -2.14. The molecule has 0 radical (unpaired) electrons. The maximum absolute atomic E-state index is 12.4. The first-order chi connectivity index (χ1) is 13.1. The topological polar surface area (TPSA) is 54.1 Å². The van der Waals surface area contributed by atoms with Crippen LogP contribution in [0.5, 0.6) is 5.75 Å². The average Bonchev–Trinajstić information content (AvgIpc) is 3.18. The highest BCUT2D eigenvalue weighted by molar-refractivity contribution is 7.17. The smallest absolute Gasteiger partial charge is 0.266 e. The molecule has 0 aliphatic carbocycles. The molecule has 0 fully saturated rings. The molecule has 4 rings (SSSR count). The average molecular weight is 378 g/mol. The zero-order chi connectivity index (χ0) is 19.0. The van der Waals surface area contributed by atoms with Gasteiger partial charge in [0, 0.05) is 28.4 Å². The van der Waals surface area contributed by atoms with Crippen molar-refractivity contribution in [1.29, 1.82) is 0 Å². The van der Waals surface area contributed by atoms with E-state index in [1.165, 1.54) is 16.9 Å². The molecular formula is C22H22N2O2S. The van der Waals surface area contributed by atoms with Gasteiger partial charge in [-0.05, 0) is 47.7 Å². The number of methoxy groups -OCH3 is 1. The number of pyridine rings is 1. The Bertz CT molecular complexity index is 1160. The van der Waals surface area contributed by atoms with Gasteiger partial charge in [0.05, 0.1) is 7.11 Å². The van der Waals surface area contributed by atoms with Gasteiger partial charge in [-0.1, -0.05) is 31.2 Å². The van der Waals surface area contributed by atoms with Gasteiger partial charge in [-0.25, -0.2) is 0 Å². The Labute approximate surface area is 161 Å². The van der Waals surface area contributed by atoms with Gasteiger partial charge in [0.15, 0.2) is 0 Å². The van der Waals surface area contributed by atoms with Crippen molar-refractivity contribution >= 4 is 32.3 Å². The molecule has 0 bridgehead atoms. The Morgan fingerprint density at radius 3 is 2.63 bits per heavy atom. The van der Waals surface area contributed by atoms with Crippen molar-refractivity contribution < 1.29 is 4.74 Å². The van der Waals surface area contributed by atoms with Crippen molar-refractivity contribution in [1.82, 2.24) is 10.3 Å². The van der Waals surface area contributed by atoms with Crippen LogP contribution in [0.3, 0.4) is 0 Å². The summed E-state index contributed by atoms with van der Waals surface area (Å²) in [6.07, 6.45) is 0. The number of nitrogens with one attached hydrogen (secondary N) is 2. The third kappa shape index (κ3) is 3.03. The molecule has 2 N–H and O–H groups in total. The van der Waals surface area contributed by atoms with Crippen LogP contribution in [0.25, 0.3) is 32.1 Å². The molecule has 0 unspecified atom stereocenters. The molecule has 0 saturated heterocycles. The van der Waals surface area contributed by atoms with Gasteiger partial charge in [-0.3, -0.25) is 4.79 Å². The van der Waals surface area contributed by atoms with Gasteiger partial charge in [-0.2, -0.15) is 0 Å². The molecule has 4 nitrogen and oxygen atoms in total. The number of fused-ring (bicyclic) bond motifs is 3. The van der Waals surface area contributed by atoms with Crippen LogP contribution in [0.15, 0.2) is 52.6 Å². The van der Waals surface area contributed by atoms with E-state index in [1.807, 2.05) is 30.6 Å². The van der Waals surface area contributed by atoms with Crippen molar-refractivity contribution in [2.24, 2.45) is 0 Å². The minimum atomic E-state index is -0.0418. The number of thiophene rings is 1. The number of rotatable bonds is 5. The standard InChI is InChI=1S/C22H22N2O2S/c1-13(12-23-2)14-4-6-15(7-5-14)19-18(26-3)9-8-17-20(19)16-10-11-27-21(16)22(25)24-17/h4-11,13,23H,12H2,1-3H3,(H,24,25)/t13-/m0/s1. The largest absolute Gasteiger partial charge is 0.496 e. The maximum atomic E-state index is 12.4. The number of ether oxygens (including phenoxy) is 1. The number of hydrogen-bond acceptors (Lipinski definition) is 4. The SMILES string of the molecule is CNC[C@H](C)c1ccc(-c2c(OC)ccc3[nH]c(=O)c4sccc4c23)cc1. The van der Waals surface area contributed by atoms with Crippen molar-refractivity contribution in [3.8, 4) is 16.9 Å². The van der Waals surface area contributed by atoms with E-state index in [0.717, 1.165) is 44.4 Å². The Morgan fingerprint density at radius 1 is 1.15 bits per heavy atom. The van der Waals surface area contributed by atoms with Crippen LogP contribution in [-0.2, 0) is 0 Å². The second-order valence-electron chi connectivity index (χ2n) is 6.76. The van der Waals surface area contributed by atoms with Crippen molar-refractivity contribution in [2.45, 2.75) is 12.8 Å². The molecule has 138 valence electrons. The fourth-order valence-corrected chi connectivity index (χ4v) is 4.48. The minimum absolute atomic E-state index is 0.0418. The van der Waals surface area contributed by atoms with Crippen LogP contribution in [-0.4, -0.2) is 25.7 Å². The molecule has 0 aliphatic rings. The predicted octanol–water partition coefficient (Wildman–Crippen LogP) is 4.74. The molecule has 0 spiro atoms. The highest BCUT2D eigenvalue weighted by Crippen LogP contribution is 2.40. The van der Waals surface area contributed by atoms with Gasteiger partial charge in [-0.15, -0.1) is 11.3 Å². The summed E-state index contributed by atoms with van der Waals surface area (Å²) < 4.78 is 6.43. The molecule has 0 amide bonds. The lowest BCUT2D eigenvalue weighted by Gasteiger charge is -2.15. The summed E-state index contributed by atoms with van der Waals surface area (Å²) in [5.74, 6) is 1.25. The van der Waals surface area contributed by atoms with Crippen molar-refractivity contribution in [3.63, 3.8) is 0 Å². The van der Waals surface area contributed by atoms with Crippen molar-refractivity contribution in [3.05, 3.63) is 63.8 Å². The van der Waals surface area contributed by atoms with E-state index < -0.39 is 0 Å². The lowest BCUT2D eigenvalue weighted by atomic mass is 9.94. The quantitative estimate of drug-likeness (QED) is 0.527. The first-order valence-corrected chi connectivity index (χ1v) is 9.87. The van der Waals surface area contributed by atoms with Crippen LogP contribution in [0.2, 0.25) is 0 Å². The lowest BCUT2D eigenvalue weighted by molar-refractivity contribution is 0.417. The maximum Gasteiger partial charge on any atom is 0.266 e. The first-order valence-electron chi connectivity index (χ1n) is 8.99. The second kappa shape index (κ2) is 7.18. The number of hydrogen-bond donors (Lipinski definition) is 2. The van der Waals surface area contributed by atoms with Gasteiger partial charge in [0.2, 0.25) is 0 Å². The normalized spacial score (nSPS) is 12.6. The van der Waals surface area contributed by atoms with E-state index in [2.05, 4.69) is 41.5 Å². The summed E-state index contributed by atoms with van der Waals surface area (Å²) in [5.41, 5.74) is 4.18. The minimum Gasteiger partial charge on any atom is -0.496 e. The fourth-order valence-electron chi connectivity index (χ4n) is 3.69. The molecule has 0 saturated carbocycles. The number of H-pyrrole nitrogens is 1. The van der Waals surface area contributed by atoms with Crippen LogP contribution < -0.4 is 15.6 Å². The van der Waals surface area contributed by atoms with Crippen LogP contribution in [0.4, 0.5) is 0 Å². The van der Waals surface area contributed by atoms with Gasteiger partial charge in [0.1, 0.15) is 10.4 Å². The zero-order valence-corrected chi connectivity index (χ0v) is 16.4. The Morgan fingerprint density at radius 2 is 1.93 bits per heavy atom. The monoisotopic (exact) mass is 378 g/mol. The van der Waals surface area contributed by atoms with Crippen LogP contribution in [0.1, 0.15) is 18.4 Å². The molecule has 2 aromatic heterocycles. The zero-order valence-electron chi connectivity index (χ0n) is 15.6. The van der Waals surface area contributed by atoms with Crippen LogP contribution >= 0.6 is 11.3 Å². The van der Waals surface area contributed by atoms with E-state index in [4.69, 9.17) is 4.74 Å². The van der Waals surface area contributed by atoms with E-state index >= 15 is 0 Å². The second-order valence-corrected chi connectivity index (χ2v) is 7.68. The molecule has 4 aromatic rings. The number of likely N-dealkylation sites (N-methyl/N-ethyl adjacent to an activating group) is 1. The summed E-state index contributed by atoms with van der Waals surface area (Å²) in [6.45, 7) is 3.15. The Hall–Kier alpha value is -2.63. The van der Waals surface area contributed by atoms with Gasteiger partial charge < -0.3 is 15.0 Å². The molecule has 2 aromatic carbocycles. The van der Waals surface area contributed by atoms with Gasteiger partial charge in [0.25, 0.3) is 5.56 Å². The van der Waals surface area contributed by atoms with E-state index in [-0.39, 0.29) is 5.56 Å². The third-order valence-corrected chi connectivity index (χ3v) is 5.97. The summed E-state index contributed by atoms with van der Waals surface area (Å²) in [6, 6.07) is 14.5. The highest BCUT2D eigenvalue weighted by Gasteiger charge is 2.16. The fraction of sp³-hybridized carbons (Fsp3) is 0.227. The molecule has 1 atom stereocenters. The molecular weight excluding hydrogens is 356 g/mol.